The van der Waals surface area contributed by atoms with Crippen LogP contribution >= 0.6 is 0 Å². The van der Waals surface area contributed by atoms with E-state index in [0.29, 0.717) is 18.5 Å². The zero-order chi connectivity index (χ0) is 11.5. The third kappa shape index (κ3) is 2.37. The normalized spacial score (nSPS) is 32.6. The van der Waals surface area contributed by atoms with Crippen molar-refractivity contribution in [3.63, 3.8) is 0 Å². The number of carbonyl (C=O) groups is 1. The van der Waals surface area contributed by atoms with Gasteiger partial charge in [0, 0.05) is 12.6 Å². The molecule has 0 saturated carbocycles. The van der Waals surface area contributed by atoms with Crippen molar-refractivity contribution in [1.82, 2.24) is 9.80 Å². The molecule has 1 N–H and O–H groups in total. The zero-order valence-corrected chi connectivity index (χ0v) is 9.43. The van der Waals surface area contributed by atoms with Gasteiger partial charge in [-0.05, 0) is 31.8 Å². The molecule has 2 aliphatic heterocycles. The molecule has 0 aromatic rings. The maximum Gasteiger partial charge on any atom is 0.317 e. The van der Waals surface area contributed by atoms with Crippen LogP contribution in [0.4, 0.5) is 0 Å². The van der Waals surface area contributed by atoms with Gasteiger partial charge in [0.25, 0.3) is 0 Å². The molecule has 0 radical (unpaired) electrons. The number of terminal acetylenes is 1. The highest BCUT2D eigenvalue weighted by Crippen LogP contribution is 2.30. The largest absolute Gasteiger partial charge is 0.480 e. The lowest BCUT2D eigenvalue weighted by Crippen LogP contribution is -2.48. The monoisotopic (exact) mass is 222 g/mol. The molecule has 2 rings (SSSR count). The first-order chi connectivity index (χ1) is 7.70. The summed E-state index contributed by atoms with van der Waals surface area (Å²) in [6.45, 7) is 3.89. The second kappa shape index (κ2) is 4.86. The van der Waals surface area contributed by atoms with Crippen LogP contribution in [-0.2, 0) is 4.79 Å². The van der Waals surface area contributed by atoms with E-state index in [1.165, 1.54) is 6.42 Å². The minimum atomic E-state index is -0.782. The molecule has 4 heteroatoms. The van der Waals surface area contributed by atoms with Crippen LogP contribution in [0, 0.1) is 18.3 Å². The van der Waals surface area contributed by atoms with Crippen molar-refractivity contribution >= 4 is 5.97 Å². The van der Waals surface area contributed by atoms with Crippen molar-refractivity contribution in [2.45, 2.75) is 18.9 Å². The topological polar surface area (TPSA) is 43.8 Å². The highest BCUT2D eigenvalue weighted by molar-refractivity contribution is 5.69. The molecule has 0 spiro atoms. The lowest BCUT2D eigenvalue weighted by molar-refractivity contribution is -0.139. The molecular weight excluding hydrogens is 204 g/mol. The molecule has 0 aromatic heterocycles. The summed E-state index contributed by atoms with van der Waals surface area (Å²) in [5.41, 5.74) is 0. The summed E-state index contributed by atoms with van der Waals surface area (Å²) >= 11 is 0. The number of aliphatic carboxylic acids is 1. The SMILES string of the molecule is C#CCN(CC(=O)O)C1CCN2CCC1C2. The number of nitrogens with zero attached hydrogens (tertiary/aromatic N) is 2. The predicted molar refractivity (Wildman–Crippen MR) is 61.0 cm³/mol. The molecule has 0 aromatic carbocycles. The Bertz CT molecular complexity index is 311. The van der Waals surface area contributed by atoms with Gasteiger partial charge in [0.2, 0.25) is 0 Å². The molecule has 0 aliphatic carbocycles. The summed E-state index contributed by atoms with van der Waals surface area (Å²) in [4.78, 5) is 15.2. The Morgan fingerprint density at radius 3 is 2.94 bits per heavy atom. The van der Waals surface area contributed by atoms with Crippen molar-refractivity contribution in [3.05, 3.63) is 0 Å². The van der Waals surface area contributed by atoms with Gasteiger partial charge in [0.15, 0.2) is 0 Å². The van der Waals surface area contributed by atoms with E-state index in [-0.39, 0.29) is 6.54 Å². The maximum atomic E-state index is 10.8. The van der Waals surface area contributed by atoms with Gasteiger partial charge in [-0.25, -0.2) is 0 Å². The van der Waals surface area contributed by atoms with Crippen molar-refractivity contribution in [3.8, 4) is 12.3 Å². The number of hydrogen-bond acceptors (Lipinski definition) is 3. The van der Waals surface area contributed by atoms with Gasteiger partial charge in [-0.2, -0.15) is 0 Å². The van der Waals surface area contributed by atoms with Crippen LogP contribution in [-0.4, -0.2) is 59.6 Å². The van der Waals surface area contributed by atoms with Crippen LogP contribution in [0.5, 0.6) is 0 Å². The molecule has 2 saturated heterocycles. The fourth-order valence-corrected chi connectivity index (χ4v) is 2.99. The first kappa shape index (κ1) is 11.4. The Hall–Kier alpha value is -1.05. The Kier molecular flexibility index (Phi) is 3.47. The molecule has 2 bridgehead atoms. The van der Waals surface area contributed by atoms with Gasteiger partial charge in [-0.3, -0.25) is 9.69 Å². The molecule has 2 heterocycles. The van der Waals surface area contributed by atoms with Crippen LogP contribution in [0.3, 0.4) is 0 Å². The van der Waals surface area contributed by atoms with Crippen LogP contribution in [0.2, 0.25) is 0 Å². The molecule has 0 amide bonds. The third-order valence-electron chi connectivity index (χ3n) is 3.70. The van der Waals surface area contributed by atoms with Crippen molar-refractivity contribution in [2.75, 3.05) is 32.7 Å². The minimum Gasteiger partial charge on any atom is -0.480 e. The highest BCUT2D eigenvalue weighted by atomic mass is 16.4. The second-order valence-electron chi connectivity index (χ2n) is 4.71. The number of carboxylic acid groups (broad SMARTS) is 1. The molecule has 3 atom stereocenters. The zero-order valence-electron chi connectivity index (χ0n) is 9.43. The number of carboxylic acids is 1. The van der Waals surface area contributed by atoms with Crippen molar-refractivity contribution < 1.29 is 9.90 Å². The van der Waals surface area contributed by atoms with Crippen molar-refractivity contribution in [1.29, 1.82) is 0 Å². The molecule has 4 nitrogen and oxygen atoms in total. The summed E-state index contributed by atoms with van der Waals surface area (Å²) in [6, 6.07) is 0.367. The van der Waals surface area contributed by atoms with E-state index in [1.807, 2.05) is 4.90 Å². The quantitative estimate of drug-likeness (QED) is 0.685. The van der Waals surface area contributed by atoms with Gasteiger partial charge in [0.1, 0.15) is 0 Å². The van der Waals surface area contributed by atoms with E-state index in [9.17, 15) is 4.79 Å². The average Bonchev–Trinajstić information content (AvgIpc) is 2.60. The summed E-state index contributed by atoms with van der Waals surface area (Å²) in [6.07, 6.45) is 7.56. The number of fused-ring (bicyclic) bond motifs is 2. The molecular formula is C12H18N2O2. The third-order valence-corrected chi connectivity index (χ3v) is 3.70. The van der Waals surface area contributed by atoms with Gasteiger partial charge in [-0.1, -0.05) is 5.92 Å². The Balaban J connectivity index is 2.01. The van der Waals surface area contributed by atoms with E-state index >= 15 is 0 Å². The summed E-state index contributed by atoms with van der Waals surface area (Å²) in [5, 5.41) is 8.89. The second-order valence-corrected chi connectivity index (χ2v) is 4.71. The maximum absolute atomic E-state index is 10.8. The minimum absolute atomic E-state index is 0.0748. The highest BCUT2D eigenvalue weighted by Gasteiger charge is 2.37. The summed E-state index contributed by atoms with van der Waals surface area (Å²) < 4.78 is 0. The Morgan fingerprint density at radius 2 is 2.25 bits per heavy atom. The summed E-state index contributed by atoms with van der Waals surface area (Å²) in [7, 11) is 0. The lowest BCUT2D eigenvalue weighted by Gasteiger charge is -2.37. The van der Waals surface area contributed by atoms with Gasteiger partial charge in [-0.15, -0.1) is 6.42 Å². The number of hydrogen-bond donors (Lipinski definition) is 1. The molecule has 88 valence electrons. The van der Waals surface area contributed by atoms with Crippen LogP contribution in [0.15, 0.2) is 0 Å². The molecule has 16 heavy (non-hydrogen) atoms. The van der Waals surface area contributed by atoms with Gasteiger partial charge in [0.05, 0.1) is 13.1 Å². The predicted octanol–water partition coefficient (Wildman–Crippen LogP) is 0.100. The lowest BCUT2D eigenvalue weighted by atomic mass is 9.92. The average molecular weight is 222 g/mol. The van der Waals surface area contributed by atoms with Crippen LogP contribution in [0.1, 0.15) is 12.8 Å². The van der Waals surface area contributed by atoms with E-state index < -0.39 is 5.97 Å². The van der Waals surface area contributed by atoms with E-state index in [0.717, 1.165) is 26.1 Å². The fourth-order valence-electron chi connectivity index (χ4n) is 2.99. The fraction of sp³-hybridized carbons (Fsp3) is 0.750. The van der Waals surface area contributed by atoms with Crippen molar-refractivity contribution in [2.24, 2.45) is 5.92 Å². The van der Waals surface area contributed by atoms with Gasteiger partial charge >= 0.3 is 5.97 Å². The van der Waals surface area contributed by atoms with E-state index in [2.05, 4.69) is 10.8 Å². The van der Waals surface area contributed by atoms with Crippen LogP contribution < -0.4 is 0 Å². The molecule has 2 aliphatic rings. The number of rotatable bonds is 4. The molecule has 3 unspecified atom stereocenters. The van der Waals surface area contributed by atoms with Gasteiger partial charge < -0.3 is 10.0 Å². The molecule has 2 fully saturated rings. The Labute approximate surface area is 96.2 Å². The van der Waals surface area contributed by atoms with Crippen LogP contribution in [0.25, 0.3) is 0 Å². The van der Waals surface area contributed by atoms with E-state index in [1.54, 1.807) is 0 Å². The number of piperidine rings is 1. The smallest absolute Gasteiger partial charge is 0.317 e. The Morgan fingerprint density at radius 1 is 1.50 bits per heavy atom. The first-order valence-electron chi connectivity index (χ1n) is 5.82. The van der Waals surface area contributed by atoms with E-state index in [4.69, 9.17) is 11.5 Å². The summed E-state index contributed by atoms with van der Waals surface area (Å²) in [5.74, 6) is 2.41. The first-order valence-corrected chi connectivity index (χ1v) is 5.82. The standard InChI is InChI=1S/C12H18N2O2/c1-2-5-14(9-12(15)16)11-4-7-13-6-3-10(11)8-13/h1,10-11H,3-9H2,(H,15,16).